The van der Waals surface area contributed by atoms with Crippen LogP contribution in [0.3, 0.4) is 0 Å². The molecule has 1 fully saturated rings. The van der Waals surface area contributed by atoms with Gasteiger partial charge in [0, 0.05) is 12.6 Å². The van der Waals surface area contributed by atoms with Crippen molar-refractivity contribution in [2.24, 2.45) is 11.8 Å². The van der Waals surface area contributed by atoms with Crippen molar-refractivity contribution in [3.05, 3.63) is 12.2 Å². The van der Waals surface area contributed by atoms with Crippen molar-refractivity contribution in [3.63, 3.8) is 0 Å². The first kappa shape index (κ1) is 12.2. The minimum absolute atomic E-state index is 0.662. The number of carboxylic acid groups (broad SMARTS) is 1. The van der Waals surface area contributed by atoms with E-state index < -0.39 is 5.97 Å². The minimum Gasteiger partial charge on any atom is -0.478 e. The van der Waals surface area contributed by atoms with Gasteiger partial charge >= 0.3 is 5.97 Å². The Morgan fingerprint density at radius 2 is 2.20 bits per heavy atom. The van der Waals surface area contributed by atoms with E-state index >= 15 is 0 Å². The molecule has 2 N–H and O–H groups in total. The Bertz CT molecular complexity index is 226. The lowest BCUT2D eigenvalue weighted by Gasteiger charge is -2.28. The largest absolute Gasteiger partial charge is 0.478 e. The van der Waals surface area contributed by atoms with Crippen LogP contribution in [-0.4, -0.2) is 24.2 Å². The number of hydrogen-bond acceptors (Lipinski definition) is 2. The SMILES string of the molecule is CC1CCCCC1CNC/C=C/C(=O)O. The summed E-state index contributed by atoms with van der Waals surface area (Å²) in [6, 6.07) is 0. The van der Waals surface area contributed by atoms with Gasteiger partial charge in [-0.25, -0.2) is 4.79 Å². The zero-order valence-electron chi connectivity index (χ0n) is 9.41. The van der Waals surface area contributed by atoms with Crippen molar-refractivity contribution >= 4 is 5.97 Å². The smallest absolute Gasteiger partial charge is 0.328 e. The van der Waals surface area contributed by atoms with E-state index in [1.807, 2.05) is 0 Å². The van der Waals surface area contributed by atoms with Gasteiger partial charge < -0.3 is 10.4 Å². The highest BCUT2D eigenvalue weighted by molar-refractivity contribution is 5.79. The molecule has 0 radical (unpaired) electrons. The van der Waals surface area contributed by atoms with E-state index in [4.69, 9.17) is 5.11 Å². The third kappa shape index (κ3) is 4.98. The lowest BCUT2D eigenvalue weighted by Crippen LogP contribution is -2.29. The van der Waals surface area contributed by atoms with Crippen LogP contribution >= 0.6 is 0 Å². The van der Waals surface area contributed by atoms with E-state index in [1.54, 1.807) is 6.08 Å². The second-order valence-electron chi connectivity index (χ2n) is 4.42. The molecule has 0 aromatic rings. The molecule has 0 aromatic carbocycles. The van der Waals surface area contributed by atoms with Crippen LogP contribution in [0.2, 0.25) is 0 Å². The Morgan fingerprint density at radius 1 is 1.47 bits per heavy atom. The summed E-state index contributed by atoms with van der Waals surface area (Å²) in [6.07, 6.45) is 8.24. The first-order chi connectivity index (χ1) is 7.20. The summed E-state index contributed by atoms with van der Waals surface area (Å²) < 4.78 is 0. The third-order valence-electron chi connectivity index (χ3n) is 3.22. The van der Waals surface area contributed by atoms with Gasteiger partial charge in [-0.3, -0.25) is 0 Å². The maximum absolute atomic E-state index is 10.2. The monoisotopic (exact) mass is 211 g/mol. The summed E-state index contributed by atoms with van der Waals surface area (Å²) in [6.45, 7) is 4.00. The predicted octanol–water partition coefficient (Wildman–Crippen LogP) is 2.04. The normalized spacial score (nSPS) is 27.0. The number of rotatable bonds is 5. The molecule has 0 bridgehead atoms. The molecule has 15 heavy (non-hydrogen) atoms. The molecular formula is C12H21NO2. The maximum atomic E-state index is 10.2. The predicted molar refractivity (Wildman–Crippen MR) is 60.8 cm³/mol. The highest BCUT2D eigenvalue weighted by Gasteiger charge is 2.20. The summed E-state index contributed by atoms with van der Waals surface area (Å²) in [4.78, 5) is 10.2. The van der Waals surface area contributed by atoms with Crippen LogP contribution in [0, 0.1) is 11.8 Å². The van der Waals surface area contributed by atoms with Crippen LogP contribution in [0.1, 0.15) is 32.6 Å². The average Bonchev–Trinajstić information content (AvgIpc) is 2.20. The maximum Gasteiger partial charge on any atom is 0.328 e. The number of hydrogen-bond donors (Lipinski definition) is 2. The average molecular weight is 211 g/mol. The van der Waals surface area contributed by atoms with E-state index in [-0.39, 0.29) is 0 Å². The minimum atomic E-state index is -0.872. The first-order valence-electron chi connectivity index (χ1n) is 5.80. The summed E-state index contributed by atoms with van der Waals surface area (Å²) in [5.74, 6) is 0.717. The van der Waals surface area contributed by atoms with Crippen molar-refractivity contribution < 1.29 is 9.90 Å². The Morgan fingerprint density at radius 3 is 2.87 bits per heavy atom. The Kier molecular flexibility index (Phi) is 5.40. The molecule has 3 heteroatoms. The van der Waals surface area contributed by atoms with E-state index in [9.17, 15) is 4.79 Å². The van der Waals surface area contributed by atoms with Crippen LogP contribution < -0.4 is 5.32 Å². The number of carboxylic acids is 1. The fourth-order valence-electron chi connectivity index (χ4n) is 2.21. The third-order valence-corrected chi connectivity index (χ3v) is 3.22. The van der Waals surface area contributed by atoms with Gasteiger partial charge in [0.25, 0.3) is 0 Å². The second kappa shape index (κ2) is 6.62. The molecule has 0 aromatic heterocycles. The summed E-state index contributed by atoms with van der Waals surface area (Å²) in [7, 11) is 0. The highest BCUT2D eigenvalue weighted by atomic mass is 16.4. The number of nitrogens with one attached hydrogen (secondary N) is 1. The fraction of sp³-hybridized carbons (Fsp3) is 0.750. The molecule has 1 rings (SSSR count). The van der Waals surface area contributed by atoms with E-state index in [2.05, 4.69) is 12.2 Å². The van der Waals surface area contributed by atoms with Crippen LogP contribution in [0.25, 0.3) is 0 Å². The zero-order valence-corrected chi connectivity index (χ0v) is 9.41. The van der Waals surface area contributed by atoms with Crippen molar-refractivity contribution in [2.75, 3.05) is 13.1 Å². The molecular weight excluding hydrogens is 190 g/mol. The van der Waals surface area contributed by atoms with Gasteiger partial charge in [0.15, 0.2) is 0 Å². The van der Waals surface area contributed by atoms with Crippen molar-refractivity contribution in [1.29, 1.82) is 0 Å². The Hall–Kier alpha value is -0.830. The Labute approximate surface area is 91.6 Å². The van der Waals surface area contributed by atoms with E-state index in [0.717, 1.165) is 18.4 Å². The molecule has 0 spiro atoms. The summed E-state index contributed by atoms with van der Waals surface area (Å²) >= 11 is 0. The lowest BCUT2D eigenvalue weighted by molar-refractivity contribution is -0.131. The molecule has 1 saturated carbocycles. The van der Waals surface area contributed by atoms with Gasteiger partial charge in [-0.1, -0.05) is 32.3 Å². The molecule has 0 saturated heterocycles. The standard InChI is InChI=1S/C12H21NO2/c1-10-5-2-3-6-11(10)9-13-8-4-7-12(14)15/h4,7,10-11,13H,2-3,5-6,8-9H2,1H3,(H,14,15)/b7-4+. The van der Waals surface area contributed by atoms with E-state index in [0.29, 0.717) is 6.54 Å². The molecule has 0 amide bonds. The number of carbonyl (C=O) groups is 1. The van der Waals surface area contributed by atoms with Gasteiger partial charge in [-0.15, -0.1) is 0 Å². The van der Waals surface area contributed by atoms with Crippen LogP contribution in [0.5, 0.6) is 0 Å². The molecule has 2 atom stereocenters. The van der Waals surface area contributed by atoms with Gasteiger partial charge in [-0.05, 0) is 24.8 Å². The molecule has 2 unspecified atom stereocenters. The van der Waals surface area contributed by atoms with Gasteiger partial charge in [0.2, 0.25) is 0 Å². The second-order valence-corrected chi connectivity index (χ2v) is 4.42. The number of aliphatic carboxylic acids is 1. The Balaban J connectivity index is 2.11. The zero-order chi connectivity index (χ0) is 11.1. The van der Waals surface area contributed by atoms with Crippen LogP contribution in [-0.2, 0) is 4.79 Å². The van der Waals surface area contributed by atoms with Gasteiger partial charge in [-0.2, -0.15) is 0 Å². The van der Waals surface area contributed by atoms with E-state index in [1.165, 1.54) is 31.8 Å². The van der Waals surface area contributed by atoms with Crippen molar-refractivity contribution in [3.8, 4) is 0 Å². The van der Waals surface area contributed by atoms with Crippen LogP contribution in [0.4, 0.5) is 0 Å². The first-order valence-corrected chi connectivity index (χ1v) is 5.80. The quantitative estimate of drug-likeness (QED) is 0.540. The molecule has 1 aliphatic rings. The molecule has 1 aliphatic carbocycles. The molecule has 86 valence electrons. The van der Waals surface area contributed by atoms with Gasteiger partial charge in [0.1, 0.15) is 0 Å². The summed E-state index contributed by atoms with van der Waals surface area (Å²) in [5, 5.41) is 11.7. The molecule has 3 nitrogen and oxygen atoms in total. The molecule has 0 heterocycles. The van der Waals surface area contributed by atoms with Gasteiger partial charge in [0.05, 0.1) is 0 Å². The summed E-state index contributed by atoms with van der Waals surface area (Å²) in [5.41, 5.74) is 0. The topological polar surface area (TPSA) is 49.3 Å². The van der Waals surface area contributed by atoms with Crippen LogP contribution in [0.15, 0.2) is 12.2 Å². The van der Waals surface area contributed by atoms with Crippen molar-refractivity contribution in [1.82, 2.24) is 5.32 Å². The molecule has 0 aliphatic heterocycles. The highest BCUT2D eigenvalue weighted by Crippen LogP contribution is 2.28. The lowest BCUT2D eigenvalue weighted by atomic mass is 9.80. The fourth-order valence-corrected chi connectivity index (χ4v) is 2.21. The van der Waals surface area contributed by atoms with Crippen molar-refractivity contribution in [2.45, 2.75) is 32.6 Å².